The fraction of sp³-hybridized carbons (Fsp3) is 0.167. The number of hydrogen-bond donors (Lipinski definition) is 3. The highest BCUT2D eigenvalue weighted by Gasteiger charge is 2.35. The van der Waals surface area contributed by atoms with Gasteiger partial charge in [-0.15, -0.1) is 0 Å². The van der Waals surface area contributed by atoms with Gasteiger partial charge >= 0.3 is 0 Å². The summed E-state index contributed by atoms with van der Waals surface area (Å²) in [6.45, 7) is 1.47. The number of benzene rings is 2. The Hall–Kier alpha value is -1.28. The molecule has 0 radical (unpaired) electrons. The van der Waals surface area contributed by atoms with E-state index in [4.69, 9.17) is 70.2 Å². The average molecular weight is 514 g/mol. The molecule has 1 unspecified atom stereocenters. The van der Waals surface area contributed by atoms with Crippen LogP contribution in [0.3, 0.4) is 0 Å². The molecule has 0 fully saturated rings. The second-order valence-corrected chi connectivity index (χ2v) is 9.43. The van der Waals surface area contributed by atoms with Gasteiger partial charge in [-0.2, -0.15) is 0 Å². The van der Waals surface area contributed by atoms with E-state index in [1.165, 1.54) is 25.1 Å². The van der Waals surface area contributed by atoms with Gasteiger partial charge in [0.05, 0.1) is 10.6 Å². The van der Waals surface area contributed by atoms with Crippen LogP contribution in [0.5, 0.6) is 0 Å². The zero-order valence-electron chi connectivity index (χ0n) is 14.7. The minimum atomic E-state index is -1.93. The fourth-order valence-electron chi connectivity index (χ4n) is 2.17. The van der Waals surface area contributed by atoms with E-state index in [0.717, 1.165) is 0 Å². The van der Waals surface area contributed by atoms with Crippen molar-refractivity contribution in [2.75, 3.05) is 5.32 Å². The van der Waals surface area contributed by atoms with Gasteiger partial charge in [-0.1, -0.05) is 58.0 Å². The summed E-state index contributed by atoms with van der Waals surface area (Å²) in [5.74, 6) is -0.652. The van der Waals surface area contributed by atoms with Crippen molar-refractivity contribution in [3.8, 4) is 0 Å². The Morgan fingerprint density at radius 3 is 2.14 bits per heavy atom. The number of hydrogen-bond acceptors (Lipinski definition) is 3. The van der Waals surface area contributed by atoms with Crippen molar-refractivity contribution in [1.29, 1.82) is 0 Å². The van der Waals surface area contributed by atoms with E-state index in [0.29, 0.717) is 16.3 Å². The molecule has 0 aromatic heterocycles. The van der Waals surface area contributed by atoms with Gasteiger partial charge in [0.1, 0.15) is 6.17 Å². The summed E-state index contributed by atoms with van der Waals surface area (Å²) in [4.78, 5) is 23.9. The molecule has 0 aliphatic carbocycles. The topological polar surface area (TPSA) is 70.2 Å². The van der Waals surface area contributed by atoms with Gasteiger partial charge in [0.2, 0.25) is 3.79 Å². The van der Waals surface area contributed by atoms with Gasteiger partial charge < -0.3 is 16.0 Å². The summed E-state index contributed by atoms with van der Waals surface area (Å²) in [6, 6.07) is 11.0. The summed E-state index contributed by atoms with van der Waals surface area (Å²) < 4.78 is -1.93. The predicted molar refractivity (Wildman–Crippen MR) is 124 cm³/mol. The summed E-state index contributed by atoms with van der Waals surface area (Å²) in [5, 5.41) is 8.74. The second-order valence-electron chi connectivity index (χ2n) is 5.80. The highest BCUT2D eigenvalue weighted by Crippen LogP contribution is 2.30. The maximum absolute atomic E-state index is 12.5. The van der Waals surface area contributed by atoms with Gasteiger partial charge in [-0.05, 0) is 61.6 Å². The van der Waals surface area contributed by atoms with Gasteiger partial charge in [-0.25, -0.2) is 0 Å². The molecule has 5 nitrogen and oxygen atoms in total. The van der Waals surface area contributed by atoms with Crippen LogP contribution in [0, 0.1) is 0 Å². The molecule has 2 aromatic rings. The van der Waals surface area contributed by atoms with Gasteiger partial charge in [-0.3, -0.25) is 9.59 Å². The highest BCUT2D eigenvalue weighted by atomic mass is 35.6. The molecule has 2 rings (SSSR count). The lowest BCUT2D eigenvalue weighted by molar-refractivity contribution is 0.0934. The Morgan fingerprint density at radius 1 is 1.00 bits per heavy atom. The lowest BCUT2D eigenvalue weighted by Crippen LogP contribution is -2.56. The minimum absolute atomic E-state index is 0.0582. The first kappa shape index (κ1) is 24.0. The number of carbonyl (C=O) groups excluding carboxylic acids is 2. The molecule has 0 saturated heterocycles. The minimum Gasteiger partial charge on any atom is -0.339 e. The number of Topliss-reactive ketones (excluding diaryl/α,β-unsaturated/α-hetero) is 1. The zero-order valence-corrected chi connectivity index (χ0v) is 19.3. The fourth-order valence-corrected chi connectivity index (χ4v) is 3.23. The van der Waals surface area contributed by atoms with E-state index >= 15 is 0 Å². The molecule has 1 amide bonds. The molecular weight excluding hydrogens is 500 g/mol. The first-order chi connectivity index (χ1) is 13.5. The molecule has 3 N–H and O–H groups in total. The molecule has 0 spiro atoms. The summed E-state index contributed by atoms with van der Waals surface area (Å²) >= 11 is 35.0. The van der Waals surface area contributed by atoms with Crippen LogP contribution in [0.2, 0.25) is 10.0 Å². The number of anilines is 1. The maximum atomic E-state index is 12.5. The Balaban J connectivity index is 2.09. The number of nitrogens with one attached hydrogen (secondary N) is 3. The maximum Gasteiger partial charge on any atom is 0.254 e. The summed E-state index contributed by atoms with van der Waals surface area (Å²) in [7, 11) is 0. The lowest BCUT2D eigenvalue weighted by atomic mass is 10.1. The molecule has 0 heterocycles. The van der Waals surface area contributed by atoms with E-state index in [2.05, 4.69) is 16.0 Å². The quantitative estimate of drug-likeness (QED) is 0.210. The predicted octanol–water partition coefficient (Wildman–Crippen LogP) is 5.61. The summed E-state index contributed by atoms with van der Waals surface area (Å²) in [5.41, 5.74) is 1.30. The van der Waals surface area contributed by atoms with Crippen LogP contribution in [-0.2, 0) is 0 Å². The van der Waals surface area contributed by atoms with Gasteiger partial charge in [0.25, 0.3) is 5.91 Å². The van der Waals surface area contributed by atoms with Crippen molar-refractivity contribution >= 4 is 92.7 Å². The van der Waals surface area contributed by atoms with Crippen LogP contribution in [0.4, 0.5) is 5.69 Å². The van der Waals surface area contributed by atoms with E-state index in [1.807, 2.05) is 0 Å². The monoisotopic (exact) mass is 511 g/mol. The number of thiocarbonyl (C=S) groups is 1. The SMILES string of the molecule is CC(=O)c1ccc(NC(=S)NC(NC(=O)c2ccc(Cl)cc2Cl)C(Cl)(Cl)Cl)cc1. The van der Waals surface area contributed by atoms with E-state index in [-0.39, 0.29) is 21.5 Å². The number of rotatable bonds is 5. The van der Waals surface area contributed by atoms with Crippen LogP contribution >= 0.6 is 70.2 Å². The molecule has 29 heavy (non-hydrogen) atoms. The van der Waals surface area contributed by atoms with E-state index in [9.17, 15) is 9.59 Å². The number of ketones is 1. The van der Waals surface area contributed by atoms with Crippen LogP contribution in [0.1, 0.15) is 27.6 Å². The van der Waals surface area contributed by atoms with Crippen molar-refractivity contribution < 1.29 is 9.59 Å². The molecule has 0 aliphatic rings. The highest BCUT2D eigenvalue weighted by molar-refractivity contribution is 7.80. The molecule has 11 heteroatoms. The van der Waals surface area contributed by atoms with Crippen LogP contribution in [0.15, 0.2) is 42.5 Å². The Morgan fingerprint density at radius 2 is 1.62 bits per heavy atom. The third-order valence-corrected chi connectivity index (χ3v) is 5.03. The van der Waals surface area contributed by atoms with Gasteiger partial charge in [0, 0.05) is 16.3 Å². The average Bonchev–Trinajstić information content (AvgIpc) is 2.60. The Labute approximate surface area is 198 Å². The largest absolute Gasteiger partial charge is 0.339 e. The number of amides is 1. The molecule has 154 valence electrons. The molecular formula is C18H14Cl5N3O2S. The molecule has 0 bridgehead atoms. The van der Waals surface area contributed by atoms with Crippen LogP contribution in [-0.4, -0.2) is 26.8 Å². The van der Waals surface area contributed by atoms with Gasteiger partial charge in [0.15, 0.2) is 10.9 Å². The number of alkyl halides is 3. The van der Waals surface area contributed by atoms with E-state index < -0.39 is 15.9 Å². The number of carbonyl (C=O) groups is 2. The number of halogens is 5. The zero-order chi connectivity index (χ0) is 21.8. The molecule has 0 saturated carbocycles. The lowest BCUT2D eigenvalue weighted by Gasteiger charge is -2.28. The normalized spacial score (nSPS) is 12.1. The van der Waals surface area contributed by atoms with Crippen LogP contribution < -0.4 is 16.0 Å². The first-order valence-electron chi connectivity index (χ1n) is 7.98. The van der Waals surface area contributed by atoms with Crippen molar-refractivity contribution in [3.05, 3.63) is 63.6 Å². The Kier molecular flexibility index (Phi) is 8.40. The van der Waals surface area contributed by atoms with Crippen molar-refractivity contribution in [1.82, 2.24) is 10.6 Å². The van der Waals surface area contributed by atoms with E-state index in [1.54, 1.807) is 24.3 Å². The standard InChI is InChI=1S/C18H14Cl5N3O2S/c1-9(27)10-2-5-12(6-3-10)24-17(29)26-16(18(21,22)23)25-15(28)13-7-4-11(19)8-14(13)20/h2-8,16H,1H3,(H,25,28)(H2,24,26,29). The molecule has 0 aliphatic heterocycles. The third-order valence-electron chi connectivity index (χ3n) is 3.60. The van der Waals surface area contributed by atoms with Crippen molar-refractivity contribution in [3.63, 3.8) is 0 Å². The van der Waals surface area contributed by atoms with Crippen LogP contribution in [0.25, 0.3) is 0 Å². The van der Waals surface area contributed by atoms with Crippen molar-refractivity contribution in [2.45, 2.75) is 16.9 Å². The second kappa shape index (κ2) is 10.2. The van der Waals surface area contributed by atoms with Crippen molar-refractivity contribution in [2.24, 2.45) is 0 Å². The smallest absolute Gasteiger partial charge is 0.254 e. The Bertz CT molecular complexity index is 932. The summed E-state index contributed by atoms with van der Waals surface area (Å²) in [6.07, 6.45) is -1.18. The third kappa shape index (κ3) is 7.17. The molecule has 1 atom stereocenters. The molecule has 2 aromatic carbocycles. The first-order valence-corrected chi connectivity index (χ1v) is 10.3.